The molecule has 8 heterocycles. The fourth-order valence-corrected chi connectivity index (χ4v) is 13.6. The Labute approximate surface area is 635 Å². The Bertz CT molecular complexity index is 4570. The lowest BCUT2D eigenvalue weighted by Gasteiger charge is -2.47. The van der Waals surface area contributed by atoms with Gasteiger partial charge in [-0.15, -0.1) is 0 Å². The van der Waals surface area contributed by atoms with Crippen LogP contribution in [0.4, 0.5) is 6.01 Å². The average Bonchev–Trinajstić information content (AvgIpc) is 0.812. The first-order chi connectivity index (χ1) is 51.9. The lowest BCUT2D eigenvalue weighted by molar-refractivity contribution is -0.333. The number of phenolic OH excluding ortho intramolecular Hbond substituents is 3. The van der Waals surface area contributed by atoms with Crippen LogP contribution in [0.5, 0.6) is 46.0 Å². The number of likely N-dealkylation sites (N-methyl/N-ethyl adjacent to an activating group) is 1. The third-order valence-electron chi connectivity index (χ3n) is 18.4. The van der Waals surface area contributed by atoms with Crippen molar-refractivity contribution in [2.24, 2.45) is 17.4 Å². The van der Waals surface area contributed by atoms with Crippen molar-refractivity contribution in [2.45, 2.75) is 156 Å². The number of hydrogen-bond acceptors (Lipinski definition) is 29. The summed E-state index contributed by atoms with van der Waals surface area (Å²) in [4.78, 5) is 120. The van der Waals surface area contributed by atoms with E-state index in [-0.39, 0.29) is 52.2 Å². The number of nitrogens with two attached hydrogens (primary N) is 2. The topological polar surface area (TPSA) is 603 Å². The van der Waals surface area contributed by atoms with Crippen molar-refractivity contribution < 1.29 is 131 Å². The van der Waals surface area contributed by atoms with Crippen molar-refractivity contribution in [1.29, 1.82) is 0 Å². The predicted molar refractivity (Wildman–Crippen MR) is 380 cm³/mol. The second-order valence-corrected chi connectivity index (χ2v) is 28.5. The van der Waals surface area contributed by atoms with Crippen LogP contribution in [0.1, 0.15) is 105 Å². The highest BCUT2D eigenvalue weighted by Crippen LogP contribution is 2.50. The quantitative estimate of drug-likeness (QED) is 0.0588. The van der Waals surface area contributed by atoms with Crippen LogP contribution in [-0.4, -0.2) is 204 Å². The van der Waals surface area contributed by atoms with Crippen molar-refractivity contribution >= 4 is 87.4 Å². The number of oxazole rings is 1. The van der Waals surface area contributed by atoms with E-state index < -0.39 is 248 Å². The number of carboxylic acids is 1. The highest BCUT2D eigenvalue weighted by Gasteiger charge is 2.52. The Morgan fingerprint density at radius 2 is 1.36 bits per heavy atom. The van der Waals surface area contributed by atoms with E-state index in [4.69, 9.17) is 63.1 Å². The van der Waals surface area contributed by atoms with E-state index in [9.17, 15) is 83.5 Å². The molecule has 6 aromatic rings. The van der Waals surface area contributed by atoms with Crippen molar-refractivity contribution in [3.63, 3.8) is 0 Å². The number of ether oxygens (including phenoxy) is 6. The number of rotatable bonds is 15. The van der Waals surface area contributed by atoms with E-state index in [1.54, 1.807) is 0 Å². The molecule has 1 aromatic heterocycles. The van der Waals surface area contributed by atoms with Crippen LogP contribution in [0, 0.1) is 5.92 Å². The number of hydrogen-bond donors (Lipinski definition) is 21. The number of carbonyl (C=O) groups excluding carboxylic acids is 7. The molecule has 110 heavy (non-hydrogen) atoms. The summed E-state index contributed by atoms with van der Waals surface area (Å²) in [5.74, 6) is -16.0. The molecule has 22 N–H and O–H groups in total. The average molecular weight is 1600 g/mol. The number of carbonyl (C=O) groups is 8. The number of carboxylic acid groups (broad SMARTS) is 1. The number of amides is 7. The molecule has 0 radical (unpaired) electrons. The molecule has 18 atom stereocenters. The maximum absolute atomic E-state index is 16.0. The van der Waals surface area contributed by atoms with Crippen LogP contribution in [0.2, 0.25) is 10.0 Å². The van der Waals surface area contributed by atoms with Gasteiger partial charge in [-0.05, 0) is 110 Å². The summed E-state index contributed by atoms with van der Waals surface area (Å²) in [5, 5.41) is 131. The number of aromatic nitrogens is 1. The molecule has 2 fully saturated rings. The molecule has 592 valence electrons. The number of thiol groups is 1. The maximum Gasteiger partial charge on any atom is 0.330 e. The van der Waals surface area contributed by atoms with Gasteiger partial charge >= 0.3 is 12.0 Å². The number of phenols is 3. The third kappa shape index (κ3) is 18.4. The summed E-state index contributed by atoms with van der Waals surface area (Å²) in [5.41, 5.74) is 8.00. The smallest absolute Gasteiger partial charge is 0.330 e. The van der Waals surface area contributed by atoms with E-state index in [1.165, 1.54) is 45.5 Å². The Kier molecular flexibility index (Phi) is 25.7. The predicted octanol–water partition coefficient (Wildman–Crippen LogP) is -0.281. The van der Waals surface area contributed by atoms with Crippen LogP contribution in [-0.2, 0) is 63.5 Å². The van der Waals surface area contributed by atoms with Gasteiger partial charge in [-0.25, -0.2) is 22.9 Å². The van der Waals surface area contributed by atoms with Crippen molar-refractivity contribution in [3.8, 4) is 57.1 Å². The molecule has 0 aliphatic carbocycles. The van der Waals surface area contributed by atoms with Gasteiger partial charge in [0.25, 0.3) is 0 Å². The number of aromatic hydroxyl groups is 3. The number of aliphatic carboxylic acids is 1. The fraction of sp³-hybridized carbons (Fsp3) is 0.406. The molecule has 41 heteroatoms. The van der Waals surface area contributed by atoms with Gasteiger partial charge in [0, 0.05) is 34.7 Å². The number of benzene rings is 5. The molecular formula is C69H79Cl2N11O27S. The fourth-order valence-electron chi connectivity index (χ4n) is 12.9. The first kappa shape index (κ1) is 82.3. The number of anilines is 1. The standard InChI is InChI=1S/C66H75Cl2N9O24.C3H4N2O3S/c1-23(2)12-34(71-5)58(88)76-49-51(83)26-7-10-38(32(67)14-26)97-40-16-28-17-41(55(40)101-65-56(54(86)53(85)42(22-78)99-65)100-44-21-66(4,70)57(87)24(3)96-44)98-39-11-8-27(15-33(39)68)52(84)50-63(93)75-48(64(94)95)31-18-29(79)19-37(81)45(31)30-13-25(6-9-36(30)80)46(60(90)77-50)74-61(91)47(28)73-59(89)35(20-43(69)82)72-62(49)92;6-9(7)5-3-4-1-2-8-3/h6-11,13-19,23-24,34-35,42,44,46-54,56-57,65,71,78-81,83-87H,12,20-22,70H2,1-5H3,(H2,69,82)(H,72,92)(H,73,89)(H,74,91)(H,75,93)(H,76,88)(H,77,90)(H,94,95);1-2,9H,(H,4,5,6,7)/t24-,34+,35-,42+,44-,46+,47+,48-,49+,50-,51+,52+,53+,54-,56+,57+,65-,66-;/m0./s1. The Morgan fingerprint density at radius 1 is 0.745 bits per heavy atom. The molecule has 38 nitrogen and oxygen atoms in total. The van der Waals surface area contributed by atoms with Crippen molar-refractivity contribution in [1.82, 2.24) is 42.2 Å². The normalized spacial score (nSPS) is 27.8. The molecule has 2 saturated heterocycles. The lowest BCUT2D eigenvalue weighted by Crippen LogP contribution is -2.64. The highest BCUT2D eigenvalue weighted by atomic mass is 35.5. The van der Waals surface area contributed by atoms with Gasteiger partial charge in [0.05, 0.1) is 47.5 Å². The molecule has 13 rings (SSSR count). The van der Waals surface area contributed by atoms with E-state index in [2.05, 4.69) is 46.6 Å². The maximum atomic E-state index is 16.0. The monoisotopic (exact) mass is 1600 g/mol. The van der Waals surface area contributed by atoms with Crippen LogP contribution in [0.15, 0.2) is 95.7 Å². The summed E-state index contributed by atoms with van der Waals surface area (Å²) in [6.45, 7) is 5.66. The largest absolute Gasteiger partial charge is 0.508 e. The van der Waals surface area contributed by atoms with Gasteiger partial charge in [-0.2, -0.15) is 0 Å². The van der Waals surface area contributed by atoms with E-state index in [0.717, 1.165) is 66.7 Å². The zero-order chi connectivity index (χ0) is 80.2. The van der Waals surface area contributed by atoms with Crippen LogP contribution in [0.3, 0.4) is 0 Å². The Balaban J connectivity index is 0.00000133. The number of aliphatic hydroxyl groups is 6. The molecule has 11 bridgehead atoms. The first-order valence-electron chi connectivity index (χ1n) is 33.7. The second-order valence-electron chi connectivity index (χ2n) is 26.9. The SMILES string of the molecule is CN[C@H](CC(C)C)C(=O)N[C@H]1C(=O)N[C@@H](CC(N)=O)C(=O)N[C@H]2C(=O)N[C@H]3C(=O)N[C@H](C(=O)N[C@H](C(=O)O)c4cc(O)cc(O)c4-c4cc3ccc4O)[C@H](O)c3ccc(c(Cl)c3)Oc3cc2cc(c3O[C@@H]2O[C@H](CO)[C@@H](O)[C@H](O)[C@H]2O[C@H]2C[C@](C)(N)[C@H](O)[C@H](C)O2)Oc2ccc(cc2Cl)[C@H]1O.O=[SH](=O)Nc1ncco1. The van der Waals surface area contributed by atoms with Crippen molar-refractivity contribution in [2.75, 3.05) is 18.4 Å². The molecule has 7 aliphatic rings. The minimum Gasteiger partial charge on any atom is -0.508 e. The summed E-state index contributed by atoms with van der Waals surface area (Å²) in [7, 11) is -1.18. The van der Waals surface area contributed by atoms with Gasteiger partial charge in [0.15, 0.2) is 29.9 Å². The van der Waals surface area contributed by atoms with Gasteiger partial charge in [0.2, 0.25) is 64.3 Å². The highest BCUT2D eigenvalue weighted by molar-refractivity contribution is 7.73. The first-order valence-corrected chi connectivity index (χ1v) is 35.6. The molecule has 0 saturated carbocycles. The van der Waals surface area contributed by atoms with Crippen LogP contribution >= 0.6 is 23.2 Å². The van der Waals surface area contributed by atoms with Gasteiger partial charge in [0.1, 0.15) is 95.7 Å². The number of primary amides is 1. The number of aliphatic hydroxyl groups excluding tert-OH is 6. The summed E-state index contributed by atoms with van der Waals surface area (Å²) >= 11 is 14.1. The summed E-state index contributed by atoms with van der Waals surface area (Å²) in [6.07, 6.45) is -15.9. The zero-order valence-electron chi connectivity index (χ0n) is 58.6. The molecule has 7 amide bonds. The molecule has 7 aliphatic heterocycles. The van der Waals surface area contributed by atoms with Crippen LogP contribution in [0.25, 0.3) is 11.1 Å². The summed E-state index contributed by atoms with van der Waals surface area (Å²) in [6, 6.07) is -0.687. The van der Waals surface area contributed by atoms with Gasteiger partial charge in [-0.1, -0.05) is 55.2 Å². The minimum atomic E-state index is -2.66. The number of halogens is 2. The molecule has 0 spiro atoms. The Hall–Kier alpha value is -10.2. The molecule has 5 aromatic carbocycles. The molecule has 0 unspecified atom stereocenters. The van der Waals surface area contributed by atoms with Crippen molar-refractivity contribution in [3.05, 3.63) is 129 Å². The second kappa shape index (κ2) is 34.4. The van der Waals surface area contributed by atoms with E-state index in [0.29, 0.717) is 0 Å². The van der Waals surface area contributed by atoms with E-state index in [1.807, 2.05) is 18.6 Å². The van der Waals surface area contributed by atoms with Gasteiger partial charge in [-0.3, -0.25) is 33.6 Å². The Morgan fingerprint density at radius 3 is 1.94 bits per heavy atom. The zero-order valence-corrected chi connectivity index (χ0v) is 61.0. The molecular weight excluding hydrogens is 1520 g/mol. The van der Waals surface area contributed by atoms with Crippen LogP contribution < -0.4 is 67.6 Å². The van der Waals surface area contributed by atoms with Gasteiger partial charge < -0.3 is 133 Å². The number of nitrogens with zero attached hydrogens (tertiary/aromatic N) is 1. The summed E-state index contributed by atoms with van der Waals surface area (Å²) < 4.78 is 64.6. The lowest BCUT2D eigenvalue weighted by atomic mass is 9.86. The number of nitrogens with one attached hydrogen (secondary N) is 8. The number of fused-ring (bicyclic) bond motifs is 15. The van der Waals surface area contributed by atoms with E-state index >= 15 is 14.4 Å². The third-order valence-corrected chi connectivity index (χ3v) is 19.4. The minimum absolute atomic E-state index is 0.00823.